The van der Waals surface area contributed by atoms with Crippen LogP contribution in [-0.4, -0.2) is 28.5 Å². The number of nitrogens with two attached hydrogens (primary N) is 1. The Balaban J connectivity index is 2.96. The molecule has 0 spiro atoms. The molecule has 110 valence electrons. The number of aryl methyl sites for hydroxylation is 2. The number of anilines is 1. The fourth-order valence-electron chi connectivity index (χ4n) is 1.95. The Morgan fingerprint density at radius 2 is 2.15 bits per heavy atom. The molecular formula is C14H22N4OS. The molecule has 1 heterocycles. The SMILES string of the molecule is CCCNC(=O)C(C)Nc1cc(C)nc(C)c1C(N)=S. The van der Waals surface area contributed by atoms with E-state index in [4.69, 9.17) is 18.0 Å². The maximum Gasteiger partial charge on any atom is 0.242 e. The number of thiocarbonyl (C=S) groups is 1. The van der Waals surface area contributed by atoms with E-state index in [1.165, 1.54) is 0 Å². The van der Waals surface area contributed by atoms with E-state index in [1.54, 1.807) is 6.92 Å². The van der Waals surface area contributed by atoms with E-state index in [9.17, 15) is 4.79 Å². The minimum atomic E-state index is -0.365. The summed E-state index contributed by atoms with van der Waals surface area (Å²) in [5, 5.41) is 6.01. The van der Waals surface area contributed by atoms with Crippen LogP contribution in [0.25, 0.3) is 0 Å². The van der Waals surface area contributed by atoms with Crippen LogP contribution in [0.2, 0.25) is 0 Å². The number of aromatic nitrogens is 1. The van der Waals surface area contributed by atoms with Gasteiger partial charge in [-0.05, 0) is 33.3 Å². The second-order valence-corrected chi connectivity index (χ2v) is 5.23. The highest BCUT2D eigenvalue weighted by Gasteiger charge is 2.16. The van der Waals surface area contributed by atoms with Crippen molar-refractivity contribution in [1.29, 1.82) is 0 Å². The van der Waals surface area contributed by atoms with Crippen molar-refractivity contribution in [3.05, 3.63) is 23.0 Å². The zero-order chi connectivity index (χ0) is 15.3. The molecule has 6 heteroatoms. The quantitative estimate of drug-likeness (QED) is 0.695. The molecule has 0 aliphatic heterocycles. The Morgan fingerprint density at radius 3 is 2.70 bits per heavy atom. The van der Waals surface area contributed by atoms with Crippen LogP contribution >= 0.6 is 12.2 Å². The molecule has 0 saturated heterocycles. The maximum absolute atomic E-state index is 11.9. The Morgan fingerprint density at radius 1 is 1.50 bits per heavy atom. The molecule has 0 aliphatic carbocycles. The molecule has 1 aromatic heterocycles. The van der Waals surface area contributed by atoms with Crippen LogP contribution in [0.15, 0.2) is 6.07 Å². The first-order valence-corrected chi connectivity index (χ1v) is 7.10. The van der Waals surface area contributed by atoms with Gasteiger partial charge in [-0.15, -0.1) is 0 Å². The summed E-state index contributed by atoms with van der Waals surface area (Å²) in [6, 6.07) is 1.49. The average molecular weight is 294 g/mol. The molecule has 1 atom stereocenters. The lowest BCUT2D eigenvalue weighted by Gasteiger charge is -2.19. The van der Waals surface area contributed by atoms with Crippen LogP contribution in [0.5, 0.6) is 0 Å². The molecule has 4 N–H and O–H groups in total. The van der Waals surface area contributed by atoms with Gasteiger partial charge in [0, 0.05) is 23.6 Å². The molecule has 0 radical (unpaired) electrons. The van der Waals surface area contributed by atoms with Gasteiger partial charge in [0.05, 0.1) is 5.56 Å². The molecule has 1 unspecified atom stereocenters. The third kappa shape index (κ3) is 4.16. The van der Waals surface area contributed by atoms with Crippen molar-refractivity contribution in [2.45, 2.75) is 40.2 Å². The van der Waals surface area contributed by atoms with Gasteiger partial charge in [0.25, 0.3) is 0 Å². The zero-order valence-electron chi connectivity index (χ0n) is 12.4. The third-order valence-corrected chi connectivity index (χ3v) is 3.09. The summed E-state index contributed by atoms with van der Waals surface area (Å²) in [6.07, 6.45) is 0.907. The summed E-state index contributed by atoms with van der Waals surface area (Å²) in [5.41, 5.74) is 8.81. The first-order valence-electron chi connectivity index (χ1n) is 6.69. The Hall–Kier alpha value is -1.69. The highest BCUT2D eigenvalue weighted by molar-refractivity contribution is 7.80. The molecule has 0 aromatic carbocycles. The fourth-order valence-corrected chi connectivity index (χ4v) is 2.21. The number of hydrogen-bond acceptors (Lipinski definition) is 4. The van der Waals surface area contributed by atoms with Gasteiger partial charge in [-0.2, -0.15) is 0 Å². The van der Waals surface area contributed by atoms with Crippen LogP contribution in [0.4, 0.5) is 5.69 Å². The molecule has 0 fully saturated rings. The summed E-state index contributed by atoms with van der Waals surface area (Å²) in [4.78, 5) is 16.5. The largest absolute Gasteiger partial charge is 0.389 e. The second kappa shape index (κ2) is 7.19. The van der Waals surface area contributed by atoms with Crippen molar-refractivity contribution in [3.8, 4) is 0 Å². The van der Waals surface area contributed by atoms with Gasteiger partial charge in [0.15, 0.2) is 0 Å². The number of rotatable bonds is 6. The second-order valence-electron chi connectivity index (χ2n) is 4.79. The lowest BCUT2D eigenvalue weighted by Crippen LogP contribution is -2.38. The molecule has 1 aromatic rings. The third-order valence-electron chi connectivity index (χ3n) is 2.89. The van der Waals surface area contributed by atoms with Crippen LogP contribution in [0, 0.1) is 13.8 Å². The first kappa shape index (κ1) is 16.4. The predicted molar refractivity (Wildman–Crippen MR) is 86.0 cm³/mol. The first-order chi connectivity index (χ1) is 9.36. The molecular weight excluding hydrogens is 272 g/mol. The molecule has 20 heavy (non-hydrogen) atoms. The molecule has 5 nitrogen and oxygen atoms in total. The van der Waals surface area contributed by atoms with E-state index < -0.39 is 0 Å². The monoisotopic (exact) mass is 294 g/mol. The number of pyridine rings is 1. The van der Waals surface area contributed by atoms with Gasteiger partial charge < -0.3 is 16.4 Å². The molecule has 1 amide bonds. The Kier molecular flexibility index (Phi) is 5.88. The standard InChI is InChI=1S/C14H22N4OS/c1-5-6-16-14(19)10(4)18-11-7-8(2)17-9(3)12(11)13(15)20/h7,10H,5-6H2,1-4H3,(H2,15,20)(H,16,19)(H,17,18). The number of carbonyl (C=O) groups excluding carboxylic acids is 1. The molecule has 0 saturated carbocycles. The van der Waals surface area contributed by atoms with Crippen LogP contribution in [0.1, 0.15) is 37.2 Å². The van der Waals surface area contributed by atoms with Crippen LogP contribution in [0.3, 0.4) is 0 Å². The van der Waals surface area contributed by atoms with Crippen molar-refractivity contribution in [2.75, 3.05) is 11.9 Å². The lowest BCUT2D eigenvalue weighted by molar-refractivity contribution is -0.121. The molecule has 0 aliphatic rings. The van der Waals surface area contributed by atoms with Gasteiger partial charge in [-0.25, -0.2) is 0 Å². The van der Waals surface area contributed by atoms with E-state index in [-0.39, 0.29) is 16.9 Å². The summed E-state index contributed by atoms with van der Waals surface area (Å²) in [5.74, 6) is -0.0483. The van der Waals surface area contributed by atoms with Crippen LogP contribution < -0.4 is 16.4 Å². The summed E-state index contributed by atoms with van der Waals surface area (Å²) in [7, 11) is 0. The van der Waals surface area contributed by atoms with E-state index in [0.717, 1.165) is 23.5 Å². The van der Waals surface area contributed by atoms with Crippen molar-refractivity contribution in [3.63, 3.8) is 0 Å². The number of carbonyl (C=O) groups is 1. The van der Waals surface area contributed by atoms with Crippen molar-refractivity contribution in [1.82, 2.24) is 10.3 Å². The molecule has 1 rings (SSSR count). The van der Waals surface area contributed by atoms with Gasteiger partial charge in [-0.1, -0.05) is 19.1 Å². The normalized spacial score (nSPS) is 11.8. The number of nitrogens with one attached hydrogen (secondary N) is 2. The van der Waals surface area contributed by atoms with Gasteiger partial charge in [0.1, 0.15) is 11.0 Å². The van der Waals surface area contributed by atoms with E-state index in [1.807, 2.05) is 26.8 Å². The highest BCUT2D eigenvalue weighted by atomic mass is 32.1. The van der Waals surface area contributed by atoms with E-state index >= 15 is 0 Å². The number of nitrogens with zero attached hydrogens (tertiary/aromatic N) is 1. The topological polar surface area (TPSA) is 80.0 Å². The van der Waals surface area contributed by atoms with Gasteiger partial charge in [0.2, 0.25) is 5.91 Å². The van der Waals surface area contributed by atoms with Gasteiger partial charge >= 0.3 is 0 Å². The maximum atomic E-state index is 11.9. The van der Waals surface area contributed by atoms with Crippen molar-refractivity contribution < 1.29 is 4.79 Å². The number of amides is 1. The smallest absolute Gasteiger partial charge is 0.242 e. The highest BCUT2D eigenvalue weighted by Crippen LogP contribution is 2.20. The minimum absolute atomic E-state index is 0.0483. The molecule has 0 bridgehead atoms. The van der Waals surface area contributed by atoms with Crippen molar-refractivity contribution in [2.24, 2.45) is 5.73 Å². The predicted octanol–water partition coefficient (Wildman–Crippen LogP) is 1.66. The van der Waals surface area contributed by atoms with Crippen molar-refractivity contribution >= 4 is 28.8 Å². The summed E-state index contributed by atoms with van der Waals surface area (Å²) >= 11 is 5.07. The lowest BCUT2D eigenvalue weighted by atomic mass is 10.1. The average Bonchev–Trinajstić information content (AvgIpc) is 2.34. The Labute approximate surface area is 125 Å². The van der Waals surface area contributed by atoms with E-state index in [0.29, 0.717) is 12.1 Å². The fraction of sp³-hybridized carbons (Fsp3) is 0.500. The Bertz CT molecular complexity index is 516. The van der Waals surface area contributed by atoms with Gasteiger partial charge in [-0.3, -0.25) is 9.78 Å². The summed E-state index contributed by atoms with van der Waals surface area (Å²) < 4.78 is 0. The zero-order valence-corrected chi connectivity index (χ0v) is 13.2. The summed E-state index contributed by atoms with van der Waals surface area (Å²) in [6.45, 7) is 8.23. The van der Waals surface area contributed by atoms with E-state index in [2.05, 4.69) is 15.6 Å². The van der Waals surface area contributed by atoms with Crippen LogP contribution in [-0.2, 0) is 4.79 Å². The number of hydrogen-bond donors (Lipinski definition) is 3. The minimum Gasteiger partial charge on any atom is -0.389 e.